The van der Waals surface area contributed by atoms with E-state index >= 15 is 0 Å². The highest BCUT2D eigenvalue weighted by molar-refractivity contribution is 5.94. The van der Waals surface area contributed by atoms with E-state index < -0.39 is 0 Å². The number of nitrogens with zero attached hydrogens (tertiary/aromatic N) is 1. The molecule has 1 aromatic heterocycles. The number of nitrogens with one attached hydrogen (secondary N) is 1. The summed E-state index contributed by atoms with van der Waals surface area (Å²) in [6, 6.07) is 12.3. The molecular weight excluding hydrogens is 364 g/mol. The highest BCUT2D eigenvalue weighted by atomic mass is 16.3. The Kier molecular flexibility index (Phi) is 6.02. The van der Waals surface area contributed by atoms with Crippen molar-refractivity contribution in [2.75, 3.05) is 19.6 Å². The first-order chi connectivity index (χ1) is 14.2. The first-order valence-electron chi connectivity index (χ1n) is 10.8. The molecule has 4 rings (SSSR count). The summed E-state index contributed by atoms with van der Waals surface area (Å²) in [7, 11) is 0. The fourth-order valence-corrected chi connectivity index (χ4v) is 4.90. The lowest BCUT2D eigenvalue weighted by molar-refractivity contribution is -0.126. The van der Waals surface area contributed by atoms with Crippen molar-refractivity contribution in [3.63, 3.8) is 0 Å². The van der Waals surface area contributed by atoms with Gasteiger partial charge in [0.1, 0.15) is 6.26 Å². The Hall–Kier alpha value is -2.56. The quantitative estimate of drug-likeness (QED) is 0.829. The van der Waals surface area contributed by atoms with Crippen LogP contribution < -0.4 is 5.32 Å². The van der Waals surface area contributed by atoms with Crippen molar-refractivity contribution in [3.05, 3.63) is 60.1 Å². The van der Waals surface area contributed by atoms with Gasteiger partial charge in [-0.05, 0) is 37.3 Å². The van der Waals surface area contributed by atoms with E-state index in [1.807, 2.05) is 4.90 Å². The van der Waals surface area contributed by atoms with E-state index in [4.69, 9.17) is 4.42 Å². The van der Waals surface area contributed by atoms with Crippen LogP contribution >= 0.6 is 0 Å². The number of hydrogen-bond donors (Lipinski definition) is 1. The number of carbonyl (C=O) groups excluding carboxylic acids is 2. The fourth-order valence-electron chi connectivity index (χ4n) is 4.90. The van der Waals surface area contributed by atoms with Crippen molar-refractivity contribution in [1.82, 2.24) is 10.2 Å². The lowest BCUT2D eigenvalue weighted by Gasteiger charge is -2.39. The average Bonchev–Trinajstić information content (AvgIpc) is 3.33. The van der Waals surface area contributed by atoms with Gasteiger partial charge in [0.2, 0.25) is 5.91 Å². The van der Waals surface area contributed by atoms with Crippen molar-refractivity contribution in [3.8, 4) is 0 Å². The Morgan fingerprint density at radius 2 is 1.76 bits per heavy atom. The molecule has 1 saturated heterocycles. The predicted octanol–water partition coefficient (Wildman–Crippen LogP) is 4.15. The highest BCUT2D eigenvalue weighted by Gasteiger charge is 2.35. The second-order valence-electron chi connectivity index (χ2n) is 8.50. The Morgan fingerprint density at radius 1 is 1.03 bits per heavy atom. The van der Waals surface area contributed by atoms with Gasteiger partial charge in [-0.3, -0.25) is 9.59 Å². The molecule has 1 aliphatic carbocycles. The van der Waals surface area contributed by atoms with Gasteiger partial charge in [-0.1, -0.05) is 49.6 Å². The van der Waals surface area contributed by atoms with E-state index in [-0.39, 0.29) is 23.1 Å². The fraction of sp³-hybridized carbons (Fsp3) is 0.500. The van der Waals surface area contributed by atoms with Gasteiger partial charge in [-0.2, -0.15) is 0 Å². The van der Waals surface area contributed by atoms with Crippen LogP contribution in [0.5, 0.6) is 0 Å². The molecule has 5 nitrogen and oxygen atoms in total. The Labute approximate surface area is 172 Å². The van der Waals surface area contributed by atoms with Crippen LogP contribution in [0.3, 0.4) is 0 Å². The maximum absolute atomic E-state index is 12.9. The van der Waals surface area contributed by atoms with E-state index in [0.717, 1.165) is 12.8 Å². The zero-order chi connectivity index (χ0) is 20.1. The smallest absolute Gasteiger partial charge is 0.257 e. The van der Waals surface area contributed by atoms with Crippen LogP contribution in [0.15, 0.2) is 53.3 Å². The standard InChI is InChI=1S/C24H30N2O3/c27-22(19-9-14-26(15-10-19)23(28)20-11-16-29-17-20)25-18-24(12-5-2-6-13-24)21-7-3-1-4-8-21/h1,3-4,7-8,11,16-17,19H,2,5-6,9-10,12-15,18H2,(H,25,27). The first kappa shape index (κ1) is 19.7. The number of likely N-dealkylation sites (tertiary alicyclic amines) is 1. The average molecular weight is 395 g/mol. The van der Waals surface area contributed by atoms with E-state index in [9.17, 15) is 9.59 Å². The summed E-state index contributed by atoms with van der Waals surface area (Å²) in [5.74, 6) is 0.115. The highest BCUT2D eigenvalue weighted by Crippen LogP contribution is 2.39. The van der Waals surface area contributed by atoms with Crippen molar-refractivity contribution in [1.29, 1.82) is 0 Å². The van der Waals surface area contributed by atoms with Gasteiger partial charge in [-0.15, -0.1) is 0 Å². The number of furan rings is 1. The summed E-state index contributed by atoms with van der Waals surface area (Å²) in [6.07, 6.45) is 10.4. The third-order valence-electron chi connectivity index (χ3n) is 6.72. The van der Waals surface area contributed by atoms with Crippen molar-refractivity contribution < 1.29 is 14.0 Å². The molecule has 0 atom stereocenters. The number of benzene rings is 1. The molecule has 29 heavy (non-hydrogen) atoms. The second-order valence-corrected chi connectivity index (χ2v) is 8.50. The summed E-state index contributed by atoms with van der Waals surface area (Å²) >= 11 is 0. The van der Waals surface area contributed by atoms with E-state index in [0.29, 0.717) is 38.0 Å². The van der Waals surface area contributed by atoms with E-state index in [2.05, 4.69) is 35.6 Å². The monoisotopic (exact) mass is 394 g/mol. The van der Waals surface area contributed by atoms with Crippen LogP contribution in [0.2, 0.25) is 0 Å². The maximum Gasteiger partial charge on any atom is 0.257 e. The Morgan fingerprint density at radius 3 is 2.41 bits per heavy atom. The number of amides is 2. The zero-order valence-corrected chi connectivity index (χ0v) is 16.9. The number of piperidine rings is 1. The Balaban J connectivity index is 1.33. The molecule has 2 aliphatic rings. The topological polar surface area (TPSA) is 62.6 Å². The number of carbonyl (C=O) groups is 2. The summed E-state index contributed by atoms with van der Waals surface area (Å²) < 4.78 is 5.01. The lowest BCUT2D eigenvalue weighted by Crippen LogP contribution is -2.47. The van der Waals surface area contributed by atoms with Gasteiger partial charge < -0.3 is 14.6 Å². The van der Waals surface area contributed by atoms with Crippen LogP contribution in [0.1, 0.15) is 60.9 Å². The largest absolute Gasteiger partial charge is 0.472 e. The van der Waals surface area contributed by atoms with E-state index in [1.165, 1.54) is 37.4 Å². The third-order valence-corrected chi connectivity index (χ3v) is 6.72. The summed E-state index contributed by atoms with van der Waals surface area (Å²) in [5.41, 5.74) is 1.99. The molecule has 2 aromatic rings. The molecule has 1 saturated carbocycles. The third kappa shape index (κ3) is 4.39. The normalized spacial score (nSPS) is 19.7. The number of rotatable bonds is 5. The predicted molar refractivity (Wildman–Crippen MR) is 112 cm³/mol. The van der Waals surface area contributed by atoms with Crippen LogP contribution in [0.4, 0.5) is 0 Å². The molecular formula is C24H30N2O3. The lowest BCUT2D eigenvalue weighted by atomic mass is 9.69. The SMILES string of the molecule is O=C(NCC1(c2ccccc2)CCCCC1)C1CCN(C(=O)c2ccoc2)CC1. The van der Waals surface area contributed by atoms with Gasteiger partial charge in [-0.25, -0.2) is 0 Å². The van der Waals surface area contributed by atoms with Crippen LogP contribution in [0.25, 0.3) is 0 Å². The summed E-state index contributed by atoms with van der Waals surface area (Å²) in [6.45, 7) is 1.95. The number of hydrogen-bond acceptors (Lipinski definition) is 3. The molecule has 2 heterocycles. The van der Waals surface area contributed by atoms with Gasteiger partial charge in [0, 0.05) is 31.0 Å². The minimum atomic E-state index is -0.0141. The molecule has 5 heteroatoms. The maximum atomic E-state index is 12.9. The minimum absolute atomic E-state index is 0.0113. The second kappa shape index (κ2) is 8.85. The van der Waals surface area contributed by atoms with Crippen molar-refractivity contribution >= 4 is 11.8 Å². The molecule has 154 valence electrons. The molecule has 2 amide bonds. The minimum Gasteiger partial charge on any atom is -0.472 e. The molecule has 1 N–H and O–H groups in total. The molecule has 0 unspecified atom stereocenters. The molecule has 1 aromatic carbocycles. The van der Waals surface area contributed by atoms with Gasteiger partial charge in [0.15, 0.2) is 0 Å². The van der Waals surface area contributed by atoms with Gasteiger partial charge >= 0.3 is 0 Å². The van der Waals surface area contributed by atoms with Crippen LogP contribution in [0, 0.1) is 5.92 Å². The van der Waals surface area contributed by atoms with Crippen molar-refractivity contribution in [2.24, 2.45) is 5.92 Å². The Bertz CT molecular complexity index is 802. The molecule has 2 fully saturated rings. The van der Waals surface area contributed by atoms with Gasteiger partial charge in [0.05, 0.1) is 11.8 Å². The summed E-state index contributed by atoms with van der Waals surface area (Å²) in [4.78, 5) is 27.1. The molecule has 1 aliphatic heterocycles. The zero-order valence-electron chi connectivity index (χ0n) is 16.9. The van der Waals surface area contributed by atoms with Gasteiger partial charge in [0.25, 0.3) is 5.91 Å². The van der Waals surface area contributed by atoms with Crippen LogP contribution in [-0.2, 0) is 10.2 Å². The van der Waals surface area contributed by atoms with Crippen LogP contribution in [-0.4, -0.2) is 36.3 Å². The summed E-state index contributed by atoms with van der Waals surface area (Å²) in [5, 5.41) is 3.28. The molecule has 0 bridgehead atoms. The van der Waals surface area contributed by atoms with Crippen molar-refractivity contribution in [2.45, 2.75) is 50.4 Å². The first-order valence-corrected chi connectivity index (χ1v) is 10.8. The molecule has 0 spiro atoms. The molecule has 0 radical (unpaired) electrons. The van der Waals surface area contributed by atoms with E-state index in [1.54, 1.807) is 6.07 Å².